The van der Waals surface area contributed by atoms with E-state index in [0.717, 1.165) is 5.56 Å². The second-order valence-electron chi connectivity index (χ2n) is 6.62. The third kappa shape index (κ3) is 7.55. The first-order valence-corrected chi connectivity index (χ1v) is 11.2. The molecule has 0 unspecified atom stereocenters. The Balaban J connectivity index is 1.63. The van der Waals surface area contributed by atoms with Crippen molar-refractivity contribution in [2.24, 2.45) is 5.10 Å². The number of hydrogen-bond acceptors (Lipinski definition) is 5. The molecule has 0 aliphatic rings. The summed E-state index contributed by atoms with van der Waals surface area (Å²) in [5, 5.41) is 6.68. The number of carbonyl (C=O) groups is 3. The van der Waals surface area contributed by atoms with Crippen molar-refractivity contribution in [3.05, 3.63) is 98.5 Å². The lowest BCUT2D eigenvalue weighted by molar-refractivity contribution is -0.136. The maximum absolute atomic E-state index is 12.2. The zero-order chi connectivity index (χ0) is 24.5. The quantitative estimate of drug-likeness (QED) is 0.104. The van der Waals surface area contributed by atoms with E-state index in [0.29, 0.717) is 15.1 Å². The third-order valence-electron chi connectivity index (χ3n) is 4.15. The Bertz CT molecular complexity index is 1280. The maximum Gasteiger partial charge on any atom is 0.336 e. The molecular weight excluding hydrogens is 545 g/mol. The van der Waals surface area contributed by atoms with Gasteiger partial charge < -0.3 is 10.1 Å². The van der Waals surface area contributed by atoms with Gasteiger partial charge in [0.25, 0.3) is 0 Å². The van der Waals surface area contributed by atoms with Gasteiger partial charge in [-0.3, -0.25) is 9.59 Å². The molecule has 0 saturated heterocycles. The van der Waals surface area contributed by atoms with Crippen LogP contribution < -0.4 is 15.5 Å². The Labute approximate surface area is 213 Å². The average molecular weight is 561 g/mol. The van der Waals surface area contributed by atoms with Crippen molar-refractivity contribution >= 4 is 74.9 Å². The highest BCUT2D eigenvalue weighted by Crippen LogP contribution is 2.25. The van der Waals surface area contributed by atoms with Crippen molar-refractivity contribution in [3.63, 3.8) is 0 Å². The van der Waals surface area contributed by atoms with Gasteiger partial charge in [0.1, 0.15) is 5.75 Å². The molecule has 2 amide bonds. The standard InChI is InChI=1S/C24H16BrCl2N3O4/c25-17-7-10-21(34-22(31)11-6-15-4-2-1-3-5-15)16(12-17)14-28-30-24(33)23(32)29-20-13-18(26)8-9-19(20)27/h1-14H,(H,29,32)(H,30,33)/b11-6+,28-14+. The van der Waals surface area contributed by atoms with Gasteiger partial charge in [-0.1, -0.05) is 69.5 Å². The highest BCUT2D eigenvalue weighted by atomic mass is 79.9. The molecule has 0 aliphatic heterocycles. The summed E-state index contributed by atoms with van der Waals surface area (Å²) < 4.78 is 6.06. The summed E-state index contributed by atoms with van der Waals surface area (Å²) in [6.45, 7) is 0. The molecule has 0 bridgehead atoms. The average Bonchev–Trinajstić information content (AvgIpc) is 2.82. The summed E-state index contributed by atoms with van der Waals surface area (Å²) >= 11 is 15.2. The van der Waals surface area contributed by atoms with Crippen molar-refractivity contribution in [1.29, 1.82) is 0 Å². The van der Waals surface area contributed by atoms with E-state index in [4.69, 9.17) is 27.9 Å². The Morgan fingerprint density at radius 1 is 0.941 bits per heavy atom. The Kier molecular flexibility index (Phi) is 8.98. The largest absolute Gasteiger partial charge is 0.423 e. The minimum atomic E-state index is -1.04. The highest BCUT2D eigenvalue weighted by molar-refractivity contribution is 9.10. The monoisotopic (exact) mass is 559 g/mol. The summed E-state index contributed by atoms with van der Waals surface area (Å²) in [6, 6.07) is 18.6. The fourth-order valence-electron chi connectivity index (χ4n) is 2.57. The fraction of sp³-hybridized carbons (Fsp3) is 0. The Hall–Kier alpha value is -3.46. The molecule has 172 valence electrons. The topological polar surface area (TPSA) is 96.9 Å². The van der Waals surface area contributed by atoms with Crippen LogP contribution in [0.5, 0.6) is 5.75 Å². The molecule has 0 radical (unpaired) electrons. The molecule has 0 saturated carbocycles. The summed E-state index contributed by atoms with van der Waals surface area (Å²) in [6.07, 6.45) is 4.16. The number of esters is 1. The SMILES string of the molecule is O=C(/C=C/c1ccccc1)Oc1ccc(Br)cc1/C=N/NC(=O)C(=O)Nc1cc(Cl)ccc1Cl. The van der Waals surface area contributed by atoms with Gasteiger partial charge >= 0.3 is 17.8 Å². The van der Waals surface area contributed by atoms with Gasteiger partial charge in [-0.25, -0.2) is 10.2 Å². The molecule has 10 heteroatoms. The van der Waals surface area contributed by atoms with Gasteiger partial charge in [-0.05, 0) is 48.0 Å². The summed E-state index contributed by atoms with van der Waals surface area (Å²) in [7, 11) is 0. The number of ether oxygens (including phenoxy) is 1. The number of nitrogens with one attached hydrogen (secondary N) is 2. The Morgan fingerprint density at radius 2 is 1.71 bits per heavy atom. The molecule has 0 aromatic heterocycles. The smallest absolute Gasteiger partial charge is 0.336 e. The van der Waals surface area contributed by atoms with Crippen molar-refractivity contribution in [3.8, 4) is 5.75 Å². The predicted molar refractivity (Wildman–Crippen MR) is 136 cm³/mol. The van der Waals surface area contributed by atoms with Crippen molar-refractivity contribution < 1.29 is 19.1 Å². The number of amides is 2. The summed E-state index contributed by atoms with van der Waals surface area (Å²) in [5.41, 5.74) is 3.52. The van der Waals surface area contributed by atoms with Gasteiger partial charge in [0.15, 0.2) is 0 Å². The van der Waals surface area contributed by atoms with Crippen LogP contribution in [0.2, 0.25) is 10.0 Å². The molecule has 34 heavy (non-hydrogen) atoms. The highest BCUT2D eigenvalue weighted by Gasteiger charge is 2.15. The lowest BCUT2D eigenvalue weighted by Crippen LogP contribution is -2.32. The van der Waals surface area contributed by atoms with Crippen molar-refractivity contribution in [1.82, 2.24) is 5.43 Å². The predicted octanol–water partition coefficient (Wildman–Crippen LogP) is 5.46. The summed E-state index contributed by atoms with van der Waals surface area (Å²) in [4.78, 5) is 36.4. The first-order chi connectivity index (χ1) is 16.3. The lowest BCUT2D eigenvalue weighted by Gasteiger charge is -2.07. The van der Waals surface area contributed by atoms with Crippen LogP contribution in [0.15, 0.2) is 82.4 Å². The molecule has 3 aromatic rings. The molecule has 3 rings (SSSR count). The van der Waals surface area contributed by atoms with Gasteiger partial charge in [-0.2, -0.15) is 5.10 Å². The number of benzene rings is 3. The number of carbonyl (C=O) groups excluding carboxylic acids is 3. The number of hydrazone groups is 1. The minimum absolute atomic E-state index is 0.183. The zero-order valence-corrected chi connectivity index (χ0v) is 20.4. The number of nitrogens with zero attached hydrogens (tertiary/aromatic N) is 1. The van der Waals surface area contributed by atoms with Gasteiger partial charge in [0, 0.05) is 21.1 Å². The van der Waals surface area contributed by atoms with Crippen molar-refractivity contribution in [2.75, 3.05) is 5.32 Å². The van der Waals surface area contributed by atoms with Gasteiger partial charge in [0.05, 0.1) is 16.9 Å². The minimum Gasteiger partial charge on any atom is -0.423 e. The van der Waals surface area contributed by atoms with Crippen LogP contribution in [0, 0.1) is 0 Å². The van der Waals surface area contributed by atoms with Crippen LogP contribution in [0.25, 0.3) is 6.08 Å². The number of hydrogen-bond donors (Lipinski definition) is 2. The van der Waals surface area contributed by atoms with Crippen LogP contribution in [0.4, 0.5) is 5.69 Å². The number of halogens is 3. The van der Waals surface area contributed by atoms with E-state index in [9.17, 15) is 14.4 Å². The molecule has 0 atom stereocenters. The summed E-state index contributed by atoms with van der Waals surface area (Å²) in [5.74, 6) is -2.42. The van der Waals surface area contributed by atoms with Crippen LogP contribution in [0.3, 0.4) is 0 Å². The fourth-order valence-corrected chi connectivity index (χ4v) is 3.28. The van der Waals surface area contributed by atoms with E-state index in [2.05, 4.69) is 31.8 Å². The number of rotatable bonds is 6. The second kappa shape index (κ2) is 12.1. The van der Waals surface area contributed by atoms with E-state index in [1.54, 1.807) is 30.3 Å². The molecule has 0 spiro atoms. The van der Waals surface area contributed by atoms with E-state index < -0.39 is 17.8 Å². The van der Waals surface area contributed by atoms with E-state index in [1.807, 2.05) is 30.3 Å². The first-order valence-electron chi connectivity index (χ1n) is 9.66. The maximum atomic E-state index is 12.2. The van der Waals surface area contributed by atoms with E-state index in [-0.39, 0.29) is 16.5 Å². The van der Waals surface area contributed by atoms with Crippen LogP contribution >= 0.6 is 39.1 Å². The molecule has 3 aromatic carbocycles. The number of anilines is 1. The molecule has 7 nitrogen and oxygen atoms in total. The van der Waals surface area contributed by atoms with Crippen LogP contribution in [-0.4, -0.2) is 24.0 Å². The lowest BCUT2D eigenvalue weighted by atomic mass is 10.2. The van der Waals surface area contributed by atoms with Crippen LogP contribution in [-0.2, 0) is 14.4 Å². The van der Waals surface area contributed by atoms with Gasteiger partial charge in [-0.15, -0.1) is 0 Å². The first kappa shape index (κ1) is 25.2. The van der Waals surface area contributed by atoms with E-state index in [1.165, 1.54) is 24.4 Å². The molecule has 0 fully saturated rings. The van der Waals surface area contributed by atoms with Gasteiger partial charge in [0.2, 0.25) is 0 Å². The van der Waals surface area contributed by atoms with E-state index >= 15 is 0 Å². The molecule has 2 N–H and O–H groups in total. The normalized spacial score (nSPS) is 10.9. The zero-order valence-electron chi connectivity index (χ0n) is 17.3. The third-order valence-corrected chi connectivity index (χ3v) is 5.20. The molecular formula is C24H16BrCl2N3O4. The Morgan fingerprint density at radius 3 is 2.47 bits per heavy atom. The second-order valence-corrected chi connectivity index (χ2v) is 8.38. The molecule has 0 heterocycles. The molecule has 0 aliphatic carbocycles. The van der Waals surface area contributed by atoms with Crippen molar-refractivity contribution in [2.45, 2.75) is 0 Å². The van der Waals surface area contributed by atoms with Crippen LogP contribution in [0.1, 0.15) is 11.1 Å².